The van der Waals surface area contributed by atoms with Gasteiger partial charge < -0.3 is 14.8 Å². The minimum absolute atomic E-state index is 0.0546. The van der Waals surface area contributed by atoms with Crippen LogP contribution in [-0.2, 0) is 11.3 Å². The molecule has 0 saturated heterocycles. The lowest BCUT2D eigenvalue weighted by atomic mass is 9.75. The summed E-state index contributed by atoms with van der Waals surface area (Å²) in [6.07, 6.45) is 3.87. The SMILES string of the molecule is Cc1cccn2cc(CNC(=O)C(F)(F)C3(O)CCC3)nc12. The van der Waals surface area contributed by atoms with Gasteiger partial charge in [0.1, 0.15) is 11.2 Å². The Labute approximate surface area is 126 Å². The molecule has 1 aliphatic carbocycles. The molecule has 118 valence electrons. The molecule has 0 unspecified atom stereocenters. The number of pyridine rings is 1. The second-order valence-electron chi connectivity index (χ2n) is 5.80. The van der Waals surface area contributed by atoms with E-state index in [-0.39, 0.29) is 19.4 Å². The third-order valence-corrected chi connectivity index (χ3v) is 4.21. The first-order valence-electron chi connectivity index (χ1n) is 7.15. The van der Waals surface area contributed by atoms with E-state index in [1.807, 2.05) is 19.1 Å². The van der Waals surface area contributed by atoms with Crippen LogP contribution in [-0.4, -0.2) is 31.9 Å². The van der Waals surface area contributed by atoms with Gasteiger partial charge in [0.2, 0.25) is 0 Å². The lowest BCUT2D eigenvalue weighted by Gasteiger charge is -2.41. The Hall–Kier alpha value is -2.02. The number of carbonyl (C=O) groups is 1. The molecule has 3 rings (SSSR count). The number of fused-ring (bicyclic) bond motifs is 1. The predicted octanol–water partition coefficient (Wildman–Crippen LogP) is 1.81. The summed E-state index contributed by atoms with van der Waals surface area (Å²) in [7, 11) is 0. The number of amides is 1. The Morgan fingerprint density at radius 2 is 2.27 bits per heavy atom. The molecule has 7 heteroatoms. The first-order chi connectivity index (χ1) is 10.3. The van der Waals surface area contributed by atoms with E-state index in [1.54, 1.807) is 16.8 Å². The van der Waals surface area contributed by atoms with Crippen LogP contribution in [0, 0.1) is 6.92 Å². The molecular weight excluding hydrogens is 292 g/mol. The molecular formula is C15H17F2N3O2. The van der Waals surface area contributed by atoms with E-state index in [4.69, 9.17) is 0 Å². The van der Waals surface area contributed by atoms with Crippen molar-refractivity contribution in [1.82, 2.24) is 14.7 Å². The normalized spacial score (nSPS) is 17.3. The summed E-state index contributed by atoms with van der Waals surface area (Å²) in [5.41, 5.74) is -0.0450. The van der Waals surface area contributed by atoms with Gasteiger partial charge in [0.15, 0.2) is 0 Å². The molecule has 0 spiro atoms. The van der Waals surface area contributed by atoms with E-state index in [1.165, 1.54) is 0 Å². The Morgan fingerprint density at radius 3 is 2.86 bits per heavy atom. The molecule has 0 bridgehead atoms. The van der Waals surface area contributed by atoms with Crippen molar-refractivity contribution in [2.75, 3.05) is 0 Å². The van der Waals surface area contributed by atoms with Crippen molar-refractivity contribution in [1.29, 1.82) is 0 Å². The molecule has 0 aliphatic heterocycles. The fourth-order valence-electron chi connectivity index (χ4n) is 2.61. The van der Waals surface area contributed by atoms with Gasteiger partial charge in [-0.15, -0.1) is 0 Å². The summed E-state index contributed by atoms with van der Waals surface area (Å²) in [5.74, 6) is -5.23. The number of aryl methyl sites for hydroxylation is 1. The van der Waals surface area contributed by atoms with Crippen LogP contribution in [0.2, 0.25) is 0 Å². The lowest BCUT2D eigenvalue weighted by Crippen LogP contribution is -2.60. The summed E-state index contributed by atoms with van der Waals surface area (Å²) in [5, 5.41) is 11.9. The maximum absolute atomic E-state index is 13.9. The second kappa shape index (κ2) is 5.01. The molecule has 1 aliphatic rings. The van der Waals surface area contributed by atoms with Crippen molar-refractivity contribution in [3.05, 3.63) is 35.8 Å². The highest BCUT2D eigenvalue weighted by molar-refractivity contribution is 5.85. The molecule has 1 saturated carbocycles. The highest BCUT2D eigenvalue weighted by Gasteiger charge is 2.61. The molecule has 2 aromatic heterocycles. The van der Waals surface area contributed by atoms with Crippen LogP contribution >= 0.6 is 0 Å². The Bertz CT molecular complexity index is 723. The lowest BCUT2D eigenvalue weighted by molar-refractivity contribution is -0.216. The molecule has 5 nitrogen and oxygen atoms in total. The molecule has 1 amide bonds. The van der Waals surface area contributed by atoms with Crippen molar-refractivity contribution in [2.45, 2.75) is 44.3 Å². The van der Waals surface area contributed by atoms with Crippen molar-refractivity contribution in [2.24, 2.45) is 0 Å². The van der Waals surface area contributed by atoms with Gasteiger partial charge in [-0.25, -0.2) is 4.98 Å². The van der Waals surface area contributed by atoms with Gasteiger partial charge in [0.25, 0.3) is 5.91 Å². The third kappa shape index (κ3) is 2.25. The van der Waals surface area contributed by atoms with E-state index in [0.717, 1.165) is 11.2 Å². The number of hydrogen-bond acceptors (Lipinski definition) is 3. The molecule has 0 atom stereocenters. The largest absolute Gasteiger partial charge is 0.383 e. The van der Waals surface area contributed by atoms with Crippen LogP contribution in [0.1, 0.15) is 30.5 Å². The maximum atomic E-state index is 13.9. The van der Waals surface area contributed by atoms with Crippen LogP contribution in [0.3, 0.4) is 0 Å². The van der Waals surface area contributed by atoms with Crippen LogP contribution < -0.4 is 5.32 Å². The van der Waals surface area contributed by atoms with Crippen molar-refractivity contribution in [3.8, 4) is 0 Å². The fourth-order valence-corrected chi connectivity index (χ4v) is 2.61. The average Bonchev–Trinajstić information content (AvgIpc) is 2.86. The number of rotatable bonds is 4. The Kier molecular flexibility index (Phi) is 3.40. The summed E-state index contributed by atoms with van der Waals surface area (Å²) >= 11 is 0. The number of halogens is 2. The van der Waals surface area contributed by atoms with Gasteiger partial charge in [0.05, 0.1) is 12.2 Å². The van der Waals surface area contributed by atoms with E-state index in [2.05, 4.69) is 10.3 Å². The summed E-state index contributed by atoms with van der Waals surface area (Å²) in [6, 6.07) is 3.75. The smallest absolute Gasteiger partial charge is 0.352 e. The monoisotopic (exact) mass is 309 g/mol. The van der Waals surface area contributed by atoms with Crippen molar-refractivity contribution in [3.63, 3.8) is 0 Å². The predicted molar refractivity (Wildman–Crippen MR) is 75.5 cm³/mol. The molecule has 2 heterocycles. The molecule has 1 fully saturated rings. The van der Waals surface area contributed by atoms with Gasteiger partial charge in [0, 0.05) is 12.4 Å². The fraction of sp³-hybridized carbons (Fsp3) is 0.467. The second-order valence-corrected chi connectivity index (χ2v) is 5.80. The van der Waals surface area contributed by atoms with Crippen LogP contribution in [0.4, 0.5) is 8.78 Å². The quantitative estimate of drug-likeness (QED) is 0.905. The Morgan fingerprint density at radius 1 is 1.55 bits per heavy atom. The molecule has 0 radical (unpaired) electrons. The highest BCUT2D eigenvalue weighted by atomic mass is 19.3. The van der Waals surface area contributed by atoms with E-state index >= 15 is 0 Å². The molecule has 22 heavy (non-hydrogen) atoms. The van der Waals surface area contributed by atoms with Crippen molar-refractivity contribution >= 4 is 11.6 Å². The van der Waals surface area contributed by atoms with Crippen LogP contribution in [0.25, 0.3) is 5.65 Å². The molecule has 2 N–H and O–H groups in total. The number of nitrogens with zero attached hydrogens (tertiary/aromatic N) is 2. The van der Waals surface area contributed by atoms with Crippen LogP contribution in [0.5, 0.6) is 0 Å². The number of nitrogens with one attached hydrogen (secondary N) is 1. The van der Waals surface area contributed by atoms with Gasteiger partial charge in [-0.05, 0) is 37.8 Å². The third-order valence-electron chi connectivity index (χ3n) is 4.21. The number of hydrogen-bond donors (Lipinski definition) is 2. The topological polar surface area (TPSA) is 66.6 Å². The number of alkyl halides is 2. The zero-order valence-corrected chi connectivity index (χ0v) is 12.1. The zero-order chi connectivity index (χ0) is 16.0. The summed E-state index contributed by atoms with van der Waals surface area (Å²) in [4.78, 5) is 16.0. The Balaban J connectivity index is 1.71. The minimum atomic E-state index is -3.78. The van der Waals surface area contributed by atoms with E-state index in [9.17, 15) is 18.7 Å². The minimum Gasteiger partial charge on any atom is -0.383 e. The van der Waals surface area contributed by atoms with Gasteiger partial charge in [-0.2, -0.15) is 8.78 Å². The standard InChI is InChI=1S/C15H17F2N3O2/c1-10-4-2-7-20-9-11(19-12(10)20)8-18-13(21)15(16,17)14(22)5-3-6-14/h2,4,7,9,22H,3,5-6,8H2,1H3,(H,18,21). The zero-order valence-electron chi connectivity index (χ0n) is 12.1. The number of carbonyl (C=O) groups excluding carboxylic acids is 1. The average molecular weight is 309 g/mol. The summed E-state index contributed by atoms with van der Waals surface area (Å²) in [6.45, 7) is 1.79. The van der Waals surface area contributed by atoms with Crippen molar-refractivity contribution < 1.29 is 18.7 Å². The van der Waals surface area contributed by atoms with Gasteiger partial charge in [-0.3, -0.25) is 4.79 Å². The highest BCUT2D eigenvalue weighted by Crippen LogP contribution is 2.44. The van der Waals surface area contributed by atoms with Crippen LogP contribution in [0.15, 0.2) is 24.5 Å². The van der Waals surface area contributed by atoms with E-state index < -0.39 is 17.4 Å². The number of imidazole rings is 1. The first kappa shape index (κ1) is 14.9. The maximum Gasteiger partial charge on any atom is 0.352 e. The molecule has 2 aromatic rings. The first-order valence-corrected chi connectivity index (χ1v) is 7.15. The van der Waals surface area contributed by atoms with Gasteiger partial charge in [-0.1, -0.05) is 6.07 Å². The number of aliphatic hydroxyl groups is 1. The van der Waals surface area contributed by atoms with E-state index in [0.29, 0.717) is 12.1 Å². The number of aromatic nitrogens is 2. The summed E-state index contributed by atoms with van der Waals surface area (Å²) < 4.78 is 29.6. The van der Waals surface area contributed by atoms with Gasteiger partial charge >= 0.3 is 5.92 Å². The molecule has 0 aromatic carbocycles.